The van der Waals surface area contributed by atoms with Crippen LogP contribution in [0.5, 0.6) is 0 Å². The van der Waals surface area contributed by atoms with Gasteiger partial charge in [-0.2, -0.15) is 0 Å². The van der Waals surface area contributed by atoms with Crippen LogP contribution in [0.2, 0.25) is 5.15 Å². The Bertz CT molecular complexity index is 454. The van der Waals surface area contributed by atoms with Gasteiger partial charge in [0, 0.05) is 25.6 Å². The van der Waals surface area contributed by atoms with Crippen molar-refractivity contribution in [3.63, 3.8) is 0 Å². The van der Waals surface area contributed by atoms with Gasteiger partial charge in [0.2, 0.25) is 0 Å². The number of hydrogen-bond acceptors (Lipinski definition) is 4. The minimum Gasteiger partial charge on any atom is -0.444 e. The molecule has 0 aliphatic rings. The molecule has 1 heterocycles. The van der Waals surface area contributed by atoms with Crippen LogP contribution in [-0.2, 0) is 17.7 Å². The number of carbonyl (C=O) groups is 1. The molecule has 0 saturated heterocycles. The lowest BCUT2D eigenvalue weighted by atomic mass is 10.1. The zero-order chi connectivity index (χ0) is 15.3. The minimum absolute atomic E-state index is 0.246. The highest BCUT2D eigenvalue weighted by Crippen LogP contribution is 2.16. The molecule has 1 aromatic rings. The number of imidazole rings is 1. The Labute approximate surface area is 124 Å². The molecule has 20 heavy (non-hydrogen) atoms. The van der Waals surface area contributed by atoms with Crippen LogP contribution >= 0.6 is 11.6 Å². The largest absolute Gasteiger partial charge is 0.444 e. The van der Waals surface area contributed by atoms with Gasteiger partial charge in [-0.15, -0.1) is 0 Å². The Morgan fingerprint density at radius 2 is 2.25 bits per heavy atom. The number of carbonyl (C=O) groups excluding carboxylic acids is 1. The van der Waals surface area contributed by atoms with Crippen LogP contribution in [0, 0.1) is 0 Å². The van der Waals surface area contributed by atoms with Gasteiger partial charge < -0.3 is 20.4 Å². The number of aryl methyl sites for hydroxylation is 1. The normalized spacial score (nSPS) is 13.1. The standard InChI is InChI=1S/C13H23ClN4O2/c1-5-18-8-16-11(14)10(18)6-9(7-15)17-12(19)20-13(2,3)4/h8-9H,5-7,15H2,1-4H3,(H,17,19). The molecule has 1 aromatic heterocycles. The van der Waals surface area contributed by atoms with E-state index >= 15 is 0 Å². The first-order chi connectivity index (χ1) is 9.26. The smallest absolute Gasteiger partial charge is 0.407 e. The van der Waals surface area contributed by atoms with Gasteiger partial charge in [0.15, 0.2) is 0 Å². The monoisotopic (exact) mass is 302 g/mol. The molecular formula is C13H23ClN4O2. The summed E-state index contributed by atoms with van der Waals surface area (Å²) in [6.45, 7) is 8.50. The fourth-order valence-electron chi connectivity index (χ4n) is 1.76. The number of nitrogens with one attached hydrogen (secondary N) is 1. The highest BCUT2D eigenvalue weighted by atomic mass is 35.5. The quantitative estimate of drug-likeness (QED) is 0.871. The van der Waals surface area contributed by atoms with Crippen LogP contribution in [0.1, 0.15) is 33.4 Å². The van der Waals surface area contributed by atoms with E-state index in [0.29, 0.717) is 18.1 Å². The number of aromatic nitrogens is 2. The van der Waals surface area contributed by atoms with Gasteiger partial charge in [-0.05, 0) is 27.7 Å². The van der Waals surface area contributed by atoms with E-state index in [0.717, 1.165) is 12.2 Å². The molecule has 6 nitrogen and oxygen atoms in total. The Morgan fingerprint density at radius 3 is 2.75 bits per heavy atom. The Morgan fingerprint density at radius 1 is 1.60 bits per heavy atom. The molecule has 1 unspecified atom stereocenters. The zero-order valence-corrected chi connectivity index (χ0v) is 13.2. The number of nitrogens with zero attached hydrogens (tertiary/aromatic N) is 2. The van der Waals surface area contributed by atoms with E-state index in [1.54, 1.807) is 6.33 Å². The van der Waals surface area contributed by atoms with E-state index in [1.807, 2.05) is 32.3 Å². The van der Waals surface area contributed by atoms with Crippen molar-refractivity contribution in [2.75, 3.05) is 6.54 Å². The summed E-state index contributed by atoms with van der Waals surface area (Å²) in [5.41, 5.74) is 6.03. The van der Waals surface area contributed by atoms with E-state index in [1.165, 1.54) is 0 Å². The summed E-state index contributed by atoms with van der Waals surface area (Å²) in [5.74, 6) is 0. The first-order valence-electron chi connectivity index (χ1n) is 6.66. The van der Waals surface area contributed by atoms with Gasteiger partial charge in [0.05, 0.1) is 12.0 Å². The number of alkyl carbamates (subject to hydrolysis) is 1. The molecule has 1 amide bonds. The first kappa shape index (κ1) is 16.8. The van der Waals surface area contributed by atoms with Gasteiger partial charge in [-0.1, -0.05) is 11.6 Å². The molecular weight excluding hydrogens is 280 g/mol. The van der Waals surface area contributed by atoms with Crippen molar-refractivity contribution >= 4 is 17.7 Å². The maximum Gasteiger partial charge on any atom is 0.407 e. The molecule has 1 rings (SSSR count). The van der Waals surface area contributed by atoms with E-state index < -0.39 is 11.7 Å². The summed E-state index contributed by atoms with van der Waals surface area (Å²) < 4.78 is 7.15. The molecule has 0 saturated carbocycles. The second kappa shape index (κ2) is 6.95. The van der Waals surface area contributed by atoms with Gasteiger partial charge in [-0.25, -0.2) is 9.78 Å². The SMILES string of the molecule is CCn1cnc(Cl)c1CC(CN)NC(=O)OC(C)(C)C. The molecule has 0 bridgehead atoms. The molecule has 0 spiro atoms. The predicted molar refractivity (Wildman–Crippen MR) is 78.8 cm³/mol. The summed E-state index contributed by atoms with van der Waals surface area (Å²) in [6.07, 6.45) is 1.72. The van der Waals surface area contributed by atoms with Crippen LogP contribution in [-0.4, -0.2) is 33.8 Å². The highest BCUT2D eigenvalue weighted by molar-refractivity contribution is 6.30. The van der Waals surface area contributed by atoms with Crippen molar-refractivity contribution in [1.82, 2.24) is 14.9 Å². The maximum absolute atomic E-state index is 11.8. The van der Waals surface area contributed by atoms with Crippen LogP contribution in [0.15, 0.2) is 6.33 Å². The molecule has 0 aliphatic carbocycles. The number of amides is 1. The fraction of sp³-hybridized carbons (Fsp3) is 0.692. The number of ether oxygens (including phenoxy) is 1. The van der Waals surface area contributed by atoms with Gasteiger partial charge in [0.25, 0.3) is 0 Å². The lowest BCUT2D eigenvalue weighted by Crippen LogP contribution is -2.44. The topological polar surface area (TPSA) is 82.2 Å². The number of hydrogen-bond donors (Lipinski definition) is 2. The highest BCUT2D eigenvalue weighted by Gasteiger charge is 2.21. The predicted octanol–water partition coefficient (Wildman–Crippen LogP) is 1.95. The van der Waals surface area contributed by atoms with Gasteiger partial charge in [0.1, 0.15) is 10.8 Å². The van der Waals surface area contributed by atoms with Crippen molar-refractivity contribution in [3.8, 4) is 0 Å². The summed E-state index contributed by atoms with van der Waals surface area (Å²) in [6, 6.07) is -0.246. The second-order valence-electron chi connectivity index (χ2n) is 5.55. The Balaban J connectivity index is 2.68. The third kappa shape index (κ3) is 5.02. The van der Waals surface area contributed by atoms with E-state index in [4.69, 9.17) is 22.1 Å². The summed E-state index contributed by atoms with van der Waals surface area (Å²) >= 11 is 6.05. The van der Waals surface area contributed by atoms with Gasteiger partial charge in [-0.3, -0.25) is 0 Å². The molecule has 0 aliphatic heterocycles. The van der Waals surface area contributed by atoms with Crippen molar-refractivity contribution < 1.29 is 9.53 Å². The van der Waals surface area contributed by atoms with Crippen LogP contribution in [0.25, 0.3) is 0 Å². The molecule has 1 atom stereocenters. The number of rotatable bonds is 5. The van der Waals surface area contributed by atoms with Crippen LogP contribution in [0.4, 0.5) is 4.79 Å². The first-order valence-corrected chi connectivity index (χ1v) is 7.03. The third-order valence-corrected chi connectivity index (χ3v) is 3.00. The molecule has 3 N–H and O–H groups in total. The summed E-state index contributed by atoms with van der Waals surface area (Å²) in [5, 5.41) is 3.20. The fourth-order valence-corrected chi connectivity index (χ4v) is 1.99. The molecule has 0 fully saturated rings. The third-order valence-electron chi connectivity index (χ3n) is 2.68. The molecule has 7 heteroatoms. The van der Waals surface area contributed by atoms with Crippen molar-refractivity contribution in [1.29, 1.82) is 0 Å². The minimum atomic E-state index is -0.536. The van der Waals surface area contributed by atoms with Gasteiger partial charge >= 0.3 is 6.09 Å². The summed E-state index contributed by atoms with van der Waals surface area (Å²) in [7, 11) is 0. The van der Waals surface area contributed by atoms with Crippen molar-refractivity contribution in [2.24, 2.45) is 5.73 Å². The van der Waals surface area contributed by atoms with Crippen LogP contribution in [0.3, 0.4) is 0 Å². The lowest BCUT2D eigenvalue weighted by molar-refractivity contribution is 0.0505. The van der Waals surface area contributed by atoms with E-state index in [-0.39, 0.29) is 6.04 Å². The maximum atomic E-state index is 11.8. The summed E-state index contributed by atoms with van der Waals surface area (Å²) in [4.78, 5) is 15.8. The molecule has 0 radical (unpaired) electrons. The lowest BCUT2D eigenvalue weighted by Gasteiger charge is -2.23. The van der Waals surface area contributed by atoms with Crippen LogP contribution < -0.4 is 11.1 Å². The Kier molecular flexibility index (Phi) is 5.83. The number of halogens is 1. The van der Waals surface area contributed by atoms with Crippen molar-refractivity contribution in [3.05, 3.63) is 17.2 Å². The zero-order valence-electron chi connectivity index (χ0n) is 12.4. The second-order valence-corrected chi connectivity index (χ2v) is 5.91. The molecule has 0 aromatic carbocycles. The van der Waals surface area contributed by atoms with Crippen molar-refractivity contribution in [2.45, 2.75) is 52.3 Å². The number of nitrogens with two attached hydrogens (primary N) is 1. The Hall–Kier alpha value is -1.27. The average molecular weight is 303 g/mol. The molecule has 114 valence electrons. The van der Waals surface area contributed by atoms with E-state index in [9.17, 15) is 4.79 Å². The van der Waals surface area contributed by atoms with E-state index in [2.05, 4.69) is 10.3 Å². The average Bonchev–Trinajstić information content (AvgIpc) is 2.67.